The van der Waals surface area contributed by atoms with Gasteiger partial charge in [0.05, 0.1) is 51.5 Å². The van der Waals surface area contributed by atoms with Gasteiger partial charge in [-0.05, 0) is 149 Å². The van der Waals surface area contributed by atoms with Crippen molar-refractivity contribution < 1.29 is 42.2 Å². The number of nitro groups is 1. The van der Waals surface area contributed by atoms with Crippen molar-refractivity contribution in [2.45, 2.75) is 153 Å². The molecule has 3 atom stereocenters. The van der Waals surface area contributed by atoms with E-state index in [0.29, 0.717) is 68.0 Å². The number of aliphatic hydroxyl groups is 1. The molecule has 4 saturated heterocycles. The minimum absolute atomic E-state index is 0.00242. The van der Waals surface area contributed by atoms with Gasteiger partial charge in [0.15, 0.2) is 0 Å². The Morgan fingerprint density at radius 1 is 0.880 bits per heavy atom. The number of carbonyl (C=O) groups is 1. The van der Waals surface area contributed by atoms with E-state index < -0.39 is 43.1 Å². The first-order chi connectivity index (χ1) is 39.6. The van der Waals surface area contributed by atoms with Crippen LogP contribution in [0.4, 0.5) is 28.4 Å². The molecular weight excluding hydrogens is 1070 g/mol. The van der Waals surface area contributed by atoms with E-state index in [2.05, 4.69) is 100 Å². The van der Waals surface area contributed by atoms with Crippen LogP contribution in [0.25, 0.3) is 11.0 Å². The first-order valence-corrected chi connectivity index (χ1v) is 31.7. The van der Waals surface area contributed by atoms with Gasteiger partial charge in [0.25, 0.3) is 21.6 Å². The second-order valence-electron chi connectivity index (χ2n) is 26.3. The zero-order valence-electron chi connectivity index (χ0n) is 49.2. The van der Waals surface area contributed by atoms with Crippen molar-refractivity contribution in [1.29, 1.82) is 0 Å². The number of aromatic amines is 1. The lowest BCUT2D eigenvalue weighted by Gasteiger charge is -2.77. The van der Waals surface area contributed by atoms with Crippen molar-refractivity contribution in [2.24, 2.45) is 22.2 Å². The number of sulfonamides is 1. The van der Waals surface area contributed by atoms with Gasteiger partial charge < -0.3 is 44.2 Å². The highest BCUT2D eigenvalue weighted by molar-refractivity contribution is 7.90. The van der Waals surface area contributed by atoms with Crippen LogP contribution in [-0.4, -0.2) is 146 Å². The highest BCUT2D eigenvalue weighted by atomic mass is 32.2. The number of ether oxygens (including phenoxy) is 4. The van der Waals surface area contributed by atoms with Gasteiger partial charge in [-0.15, -0.1) is 0 Å². The highest BCUT2D eigenvalue weighted by Crippen LogP contribution is 2.74. The lowest BCUT2D eigenvalue weighted by Crippen LogP contribution is -2.79. The Kier molecular flexibility index (Phi) is 15.3. The fourth-order valence-corrected chi connectivity index (χ4v) is 17.4. The third-order valence-corrected chi connectivity index (χ3v) is 21.8. The van der Waals surface area contributed by atoms with Crippen LogP contribution in [0.1, 0.15) is 128 Å². The van der Waals surface area contributed by atoms with Crippen LogP contribution >= 0.6 is 0 Å². The SMILES string of the molecule is CC(C)Oc1ccccc1[C@H]1CN(C2CCOCC2)CCN1C1C(C)(C)C2(CCN(c3ccc(C(=O)NS(=O)(=O)c4ccc(NCC5CCC(C)(O)CC5)c([N+](=O)[O-])c4)c(N4c5cc6cc[nH]c6nc5O[C@H]5COCC[C@@H]54)c3)CC2)C1(C)C. The molecule has 4 N–H and O–H groups in total. The van der Waals surface area contributed by atoms with Crippen LogP contribution in [-0.2, 0) is 19.5 Å². The number of pyridine rings is 1. The Hall–Kier alpha value is -6.03. The summed E-state index contributed by atoms with van der Waals surface area (Å²) >= 11 is 0. The minimum atomic E-state index is -4.66. The van der Waals surface area contributed by atoms with Gasteiger partial charge in [-0.25, -0.2) is 13.1 Å². The number of piperidine rings is 1. The number of aromatic nitrogens is 2. The number of nitrogens with zero attached hydrogens (tertiary/aromatic N) is 6. The van der Waals surface area contributed by atoms with E-state index in [0.717, 1.165) is 107 Å². The second-order valence-corrected chi connectivity index (χ2v) is 28.0. The molecule has 0 bridgehead atoms. The van der Waals surface area contributed by atoms with Crippen LogP contribution in [0.2, 0.25) is 0 Å². The van der Waals surface area contributed by atoms with Crippen LogP contribution in [0.5, 0.6) is 11.6 Å². The number of hydrogen-bond acceptors (Lipinski definition) is 16. The highest BCUT2D eigenvalue weighted by Gasteiger charge is 2.73. The van der Waals surface area contributed by atoms with Crippen LogP contribution in [0.15, 0.2) is 83.9 Å². The number of benzene rings is 3. The van der Waals surface area contributed by atoms with E-state index >= 15 is 0 Å². The molecule has 2 aromatic heterocycles. The number of H-pyrrole nitrogens is 1. The smallest absolute Gasteiger partial charge is 0.293 e. The number of nitrogens with one attached hydrogen (secondary N) is 3. The lowest BCUT2D eigenvalue weighted by molar-refractivity contribution is -0.384. The third kappa shape index (κ3) is 10.5. The van der Waals surface area contributed by atoms with Gasteiger partial charge in [-0.2, -0.15) is 4.98 Å². The predicted molar refractivity (Wildman–Crippen MR) is 319 cm³/mol. The second kappa shape index (κ2) is 22.1. The average Bonchev–Trinajstić information content (AvgIpc) is 0.976. The molecular formula is C63H83N9O10S. The molecule has 3 aromatic carbocycles. The molecule has 7 heterocycles. The topological polar surface area (TPSA) is 217 Å². The van der Waals surface area contributed by atoms with Crippen molar-refractivity contribution in [3.05, 3.63) is 100 Å². The fourth-order valence-electron chi connectivity index (χ4n) is 16.4. The summed E-state index contributed by atoms with van der Waals surface area (Å²) < 4.78 is 56.0. The number of hydrogen-bond donors (Lipinski definition) is 4. The minimum Gasteiger partial charge on any atom is -0.491 e. The summed E-state index contributed by atoms with van der Waals surface area (Å²) in [7, 11) is -4.66. The van der Waals surface area contributed by atoms with E-state index in [1.54, 1.807) is 6.07 Å². The molecule has 0 unspecified atom stereocenters. The van der Waals surface area contributed by atoms with Gasteiger partial charge in [0.2, 0.25) is 5.88 Å². The van der Waals surface area contributed by atoms with Gasteiger partial charge in [-0.3, -0.25) is 24.7 Å². The summed E-state index contributed by atoms with van der Waals surface area (Å²) in [6.07, 6.45) is 8.73. The molecule has 446 valence electrons. The summed E-state index contributed by atoms with van der Waals surface area (Å²) in [5.74, 6) is 0.624. The summed E-state index contributed by atoms with van der Waals surface area (Å²) in [5, 5.41) is 26.9. The molecule has 0 radical (unpaired) electrons. The van der Waals surface area contributed by atoms with Crippen molar-refractivity contribution >= 4 is 55.4 Å². The fraction of sp³-hybridized carbons (Fsp3) is 0.587. The summed E-state index contributed by atoms with van der Waals surface area (Å²) in [6.45, 7) is 23.2. The number of nitro benzene ring substituents is 1. The van der Waals surface area contributed by atoms with E-state index in [1.807, 2.05) is 37.4 Å². The Morgan fingerprint density at radius 3 is 2.35 bits per heavy atom. The Bertz CT molecular complexity index is 3320. The standard InChI is InChI=1S/C63H83N9O10S/c1-40(2)81-54-11-9-8-10-46(54)53-38-69(43-19-31-79-32-20-43)29-30-70(53)59-60(3,4)63(61(59,5)6)24-27-68(28-25-63)44-12-14-47(50(35-44)71-49-21-33-80-39-55(49)82-58-52(71)34-42-18-26-64-56(42)66-58)57(73)67-83(77,78)45-13-15-48(51(36-45)72(75)76)65-37-41-16-22-62(7,74)23-17-41/h8-15,18,26,34-36,40-41,43,49,53,55,59,65,74H,16-17,19-25,27-33,37-39H2,1-7H3,(H,64,66)(H,67,73)/t41?,49-,53+,55-,62?/m0/s1. The van der Waals surface area contributed by atoms with Crippen molar-refractivity contribution in [3.8, 4) is 11.6 Å². The first kappa shape index (κ1) is 57.4. The first-order valence-electron chi connectivity index (χ1n) is 30.2. The van der Waals surface area contributed by atoms with E-state index in [1.165, 1.54) is 17.7 Å². The summed E-state index contributed by atoms with van der Waals surface area (Å²) in [5.41, 5.74) is 2.93. The van der Waals surface area contributed by atoms with E-state index in [4.69, 9.17) is 23.9 Å². The Morgan fingerprint density at radius 2 is 1.61 bits per heavy atom. The molecule has 2 aliphatic carbocycles. The Balaban J connectivity index is 0.842. The van der Waals surface area contributed by atoms with Crippen molar-refractivity contribution in [3.63, 3.8) is 0 Å². The van der Waals surface area contributed by atoms with E-state index in [9.17, 15) is 28.4 Å². The van der Waals surface area contributed by atoms with Crippen LogP contribution < -0.4 is 29.3 Å². The largest absolute Gasteiger partial charge is 0.491 e. The quantitative estimate of drug-likeness (QED) is 0.0601. The van der Waals surface area contributed by atoms with E-state index in [-0.39, 0.29) is 57.6 Å². The zero-order valence-corrected chi connectivity index (χ0v) is 50.0. The number of amides is 1. The van der Waals surface area contributed by atoms with Gasteiger partial charge in [0.1, 0.15) is 28.9 Å². The molecule has 5 aromatic rings. The van der Waals surface area contributed by atoms with Crippen LogP contribution in [0.3, 0.4) is 0 Å². The number of para-hydroxylation sites is 1. The van der Waals surface area contributed by atoms with Gasteiger partial charge in [0, 0.05) is 100 Å². The van der Waals surface area contributed by atoms with Crippen molar-refractivity contribution in [1.82, 2.24) is 24.5 Å². The molecule has 7 aliphatic rings. The Labute approximate surface area is 488 Å². The molecule has 20 heteroatoms. The van der Waals surface area contributed by atoms with Crippen LogP contribution in [0, 0.1) is 32.3 Å². The molecule has 1 amide bonds. The normalized spacial score (nSPS) is 26.7. The van der Waals surface area contributed by atoms with Gasteiger partial charge in [-0.1, -0.05) is 45.9 Å². The van der Waals surface area contributed by atoms with Gasteiger partial charge >= 0.3 is 0 Å². The monoisotopic (exact) mass is 1160 g/mol. The maximum absolute atomic E-state index is 15.0. The number of fused-ring (bicyclic) bond motifs is 3. The molecule has 5 aliphatic heterocycles. The number of carbonyl (C=O) groups excluding carboxylic acids is 1. The third-order valence-electron chi connectivity index (χ3n) is 20.5. The molecule has 83 heavy (non-hydrogen) atoms. The number of piperazine rings is 1. The number of rotatable bonds is 14. The lowest BCUT2D eigenvalue weighted by atomic mass is 9.33. The molecule has 2 saturated carbocycles. The molecule has 1 spiro atoms. The zero-order chi connectivity index (χ0) is 58.2. The summed E-state index contributed by atoms with van der Waals surface area (Å²) in [4.78, 5) is 44.6. The molecule has 6 fully saturated rings. The average molecular weight is 1160 g/mol. The maximum atomic E-state index is 15.0. The molecule has 12 rings (SSSR count). The number of anilines is 4. The predicted octanol–water partition coefficient (Wildman–Crippen LogP) is 9.98. The maximum Gasteiger partial charge on any atom is 0.293 e. The molecule has 19 nitrogen and oxygen atoms in total. The summed E-state index contributed by atoms with van der Waals surface area (Å²) in [6, 6.07) is 22.5. The van der Waals surface area contributed by atoms with Crippen molar-refractivity contribution in [2.75, 3.05) is 80.8 Å².